The van der Waals surface area contributed by atoms with Gasteiger partial charge in [-0.25, -0.2) is 0 Å². The number of amides is 5. The number of hydrazine groups is 1. The van der Waals surface area contributed by atoms with Gasteiger partial charge in [-0.3, -0.25) is 39.7 Å². The normalized spacial score (nSPS) is 13.4. The fourth-order valence-electron chi connectivity index (χ4n) is 2.62. The molecule has 3 rings (SSSR count). The van der Waals surface area contributed by atoms with E-state index in [1.807, 2.05) is 0 Å². The maximum Gasteiger partial charge on any atom is 0.272 e. The van der Waals surface area contributed by atoms with Crippen molar-refractivity contribution in [3.8, 4) is 0 Å². The summed E-state index contributed by atoms with van der Waals surface area (Å²) in [5.74, 6) is -2.13. The van der Waals surface area contributed by atoms with Gasteiger partial charge in [-0.2, -0.15) is 0 Å². The fraction of sp³-hybridized carbons (Fsp3) is 0.167. The average molecular weight is 400 g/mol. The van der Waals surface area contributed by atoms with Crippen molar-refractivity contribution in [2.45, 2.75) is 19.8 Å². The minimum Gasteiger partial charge on any atom is -0.313 e. The summed E-state index contributed by atoms with van der Waals surface area (Å²) in [6.45, 7) is 1.25. The third-order valence-electron chi connectivity index (χ3n) is 3.91. The number of hydrogen-bond acceptors (Lipinski definition) is 6. The van der Waals surface area contributed by atoms with Crippen molar-refractivity contribution in [3.05, 3.63) is 46.8 Å². The van der Waals surface area contributed by atoms with E-state index in [4.69, 9.17) is 0 Å². The van der Waals surface area contributed by atoms with E-state index >= 15 is 0 Å². The first-order valence-electron chi connectivity index (χ1n) is 8.28. The fourth-order valence-corrected chi connectivity index (χ4v) is 3.40. The quantitative estimate of drug-likeness (QED) is 0.529. The highest BCUT2D eigenvalue weighted by atomic mass is 32.1. The van der Waals surface area contributed by atoms with Gasteiger partial charge in [0, 0.05) is 25.3 Å². The topological polar surface area (TPSA) is 125 Å². The van der Waals surface area contributed by atoms with Crippen molar-refractivity contribution < 1.29 is 24.0 Å². The van der Waals surface area contributed by atoms with E-state index in [0.717, 1.165) is 16.2 Å². The molecule has 0 radical (unpaired) electrons. The summed E-state index contributed by atoms with van der Waals surface area (Å²) in [6.07, 6.45) is 0.300. The predicted octanol–water partition coefficient (Wildman–Crippen LogP) is 1.43. The Labute approximate surface area is 163 Å². The Morgan fingerprint density at radius 1 is 1.00 bits per heavy atom. The van der Waals surface area contributed by atoms with Crippen molar-refractivity contribution >= 4 is 51.6 Å². The minimum atomic E-state index is -0.575. The van der Waals surface area contributed by atoms with Crippen molar-refractivity contribution in [2.75, 3.05) is 10.2 Å². The van der Waals surface area contributed by atoms with E-state index in [2.05, 4.69) is 16.2 Å². The van der Waals surface area contributed by atoms with Gasteiger partial charge >= 0.3 is 0 Å². The van der Waals surface area contributed by atoms with Crippen LogP contribution in [0.2, 0.25) is 0 Å². The standard InChI is InChI=1S/C18H16N4O5S/c1-10(23)20-21-17(27)13-7-8-28-18(13)19-16(26)11-3-2-4-12(9-11)22-14(24)5-6-15(22)25/h2-4,7-9H,5-6H2,1H3,(H,19,26)(H,20,23)(H,21,27). The van der Waals surface area contributed by atoms with Gasteiger partial charge in [-0.1, -0.05) is 6.07 Å². The highest BCUT2D eigenvalue weighted by molar-refractivity contribution is 7.14. The van der Waals surface area contributed by atoms with E-state index in [0.29, 0.717) is 10.7 Å². The number of imide groups is 1. The summed E-state index contributed by atoms with van der Waals surface area (Å²) in [7, 11) is 0. The molecule has 0 spiro atoms. The average Bonchev–Trinajstić information content (AvgIpc) is 3.26. The Morgan fingerprint density at radius 2 is 1.71 bits per heavy atom. The smallest absolute Gasteiger partial charge is 0.272 e. The van der Waals surface area contributed by atoms with E-state index in [1.165, 1.54) is 25.1 Å². The molecule has 0 aliphatic carbocycles. The first-order chi connectivity index (χ1) is 13.4. The van der Waals surface area contributed by atoms with Crippen LogP contribution >= 0.6 is 11.3 Å². The molecule has 1 aliphatic rings. The molecule has 0 unspecified atom stereocenters. The first-order valence-corrected chi connectivity index (χ1v) is 9.16. The van der Waals surface area contributed by atoms with Crippen molar-refractivity contribution in [1.29, 1.82) is 0 Å². The van der Waals surface area contributed by atoms with Gasteiger partial charge in [-0.15, -0.1) is 11.3 Å². The molecule has 1 aliphatic heterocycles. The summed E-state index contributed by atoms with van der Waals surface area (Å²) in [6, 6.07) is 7.64. The Hall–Kier alpha value is -3.53. The number of carbonyl (C=O) groups excluding carboxylic acids is 5. The van der Waals surface area contributed by atoms with E-state index in [1.54, 1.807) is 17.5 Å². The van der Waals surface area contributed by atoms with E-state index < -0.39 is 17.7 Å². The molecule has 2 aromatic rings. The maximum atomic E-state index is 12.6. The molecule has 9 nitrogen and oxygen atoms in total. The molecule has 1 fully saturated rings. The lowest BCUT2D eigenvalue weighted by atomic mass is 10.1. The molecule has 28 heavy (non-hydrogen) atoms. The second-order valence-electron chi connectivity index (χ2n) is 5.93. The van der Waals surface area contributed by atoms with Crippen molar-refractivity contribution in [1.82, 2.24) is 10.9 Å². The van der Waals surface area contributed by atoms with E-state index in [9.17, 15) is 24.0 Å². The van der Waals surface area contributed by atoms with Crippen LogP contribution in [0.25, 0.3) is 0 Å². The molecule has 0 saturated carbocycles. The zero-order chi connectivity index (χ0) is 20.3. The molecule has 10 heteroatoms. The van der Waals surface area contributed by atoms with Crippen LogP contribution in [0.3, 0.4) is 0 Å². The lowest BCUT2D eigenvalue weighted by Gasteiger charge is -2.15. The molecule has 2 heterocycles. The van der Waals surface area contributed by atoms with Crippen LogP contribution in [0.1, 0.15) is 40.5 Å². The lowest BCUT2D eigenvalue weighted by Crippen LogP contribution is -2.40. The molecule has 0 atom stereocenters. The predicted molar refractivity (Wildman–Crippen MR) is 102 cm³/mol. The largest absolute Gasteiger partial charge is 0.313 e. The molecule has 1 aromatic carbocycles. The van der Waals surface area contributed by atoms with Crippen LogP contribution in [-0.2, 0) is 14.4 Å². The van der Waals surface area contributed by atoms with Gasteiger partial charge in [0.15, 0.2) is 0 Å². The van der Waals surface area contributed by atoms with Gasteiger partial charge < -0.3 is 5.32 Å². The monoisotopic (exact) mass is 400 g/mol. The second-order valence-corrected chi connectivity index (χ2v) is 6.84. The van der Waals surface area contributed by atoms with Gasteiger partial charge in [0.25, 0.3) is 11.8 Å². The summed E-state index contributed by atoms with van der Waals surface area (Å²) in [5, 5.41) is 4.55. The molecule has 5 amide bonds. The molecule has 1 aromatic heterocycles. The molecule has 3 N–H and O–H groups in total. The summed E-state index contributed by atoms with van der Waals surface area (Å²) < 4.78 is 0. The number of rotatable bonds is 4. The van der Waals surface area contributed by atoms with Crippen molar-refractivity contribution in [2.24, 2.45) is 0 Å². The molecule has 1 saturated heterocycles. The van der Waals surface area contributed by atoms with Gasteiger partial charge in [0.2, 0.25) is 17.7 Å². The summed E-state index contributed by atoms with van der Waals surface area (Å²) >= 11 is 1.14. The molecule has 144 valence electrons. The highest BCUT2D eigenvalue weighted by Crippen LogP contribution is 2.26. The SMILES string of the molecule is CC(=O)NNC(=O)c1ccsc1NC(=O)c1cccc(N2C(=O)CCC2=O)c1. The number of nitrogens with zero attached hydrogens (tertiary/aromatic N) is 1. The Kier molecular flexibility index (Phi) is 5.50. The third kappa shape index (κ3) is 4.07. The second kappa shape index (κ2) is 8.01. The van der Waals surface area contributed by atoms with Crippen LogP contribution in [-0.4, -0.2) is 29.5 Å². The molecular weight excluding hydrogens is 384 g/mol. The number of hydrogen-bond donors (Lipinski definition) is 3. The Morgan fingerprint density at radius 3 is 2.39 bits per heavy atom. The van der Waals surface area contributed by atoms with Crippen LogP contribution in [0, 0.1) is 0 Å². The Bertz CT molecular complexity index is 968. The number of anilines is 2. The van der Waals surface area contributed by atoms with Crippen LogP contribution in [0.5, 0.6) is 0 Å². The number of thiophene rings is 1. The highest BCUT2D eigenvalue weighted by Gasteiger charge is 2.30. The number of nitrogens with one attached hydrogen (secondary N) is 3. The summed E-state index contributed by atoms with van der Waals surface area (Å²) in [5.41, 5.74) is 5.15. The van der Waals surface area contributed by atoms with Crippen LogP contribution < -0.4 is 21.1 Å². The third-order valence-corrected chi connectivity index (χ3v) is 4.74. The number of benzene rings is 1. The minimum absolute atomic E-state index is 0.150. The number of carbonyl (C=O) groups is 5. The lowest BCUT2D eigenvalue weighted by molar-refractivity contribution is -0.121. The molecule has 0 bridgehead atoms. The zero-order valence-electron chi connectivity index (χ0n) is 14.8. The van der Waals surface area contributed by atoms with Gasteiger partial charge in [0.05, 0.1) is 11.3 Å². The summed E-state index contributed by atoms with van der Waals surface area (Å²) in [4.78, 5) is 60.4. The van der Waals surface area contributed by atoms with Gasteiger partial charge in [-0.05, 0) is 29.6 Å². The van der Waals surface area contributed by atoms with E-state index in [-0.39, 0.29) is 35.8 Å². The first kappa shape index (κ1) is 19.2. The van der Waals surface area contributed by atoms with Crippen molar-refractivity contribution in [3.63, 3.8) is 0 Å². The van der Waals surface area contributed by atoms with Gasteiger partial charge in [0.1, 0.15) is 5.00 Å². The van der Waals surface area contributed by atoms with Crippen LogP contribution in [0.4, 0.5) is 10.7 Å². The Balaban J connectivity index is 1.76. The molecular formula is C18H16N4O5S. The maximum absolute atomic E-state index is 12.6. The van der Waals surface area contributed by atoms with Crippen LogP contribution in [0.15, 0.2) is 35.7 Å². The zero-order valence-corrected chi connectivity index (χ0v) is 15.6.